The Balaban J connectivity index is -0.000000141. The first-order valence-corrected chi connectivity index (χ1v) is 4.50. The molecule has 0 aliphatic carbocycles. The normalized spacial score (nSPS) is 6.90. The summed E-state index contributed by atoms with van der Waals surface area (Å²) in [6.45, 7) is 2.08. The topological polar surface area (TPSA) is 17.8 Å². The number of aryl methyl sites for hydroxylation is 1. The summed E-state index contributed by atoms with van der Waals surface area (Å²) in [7, 11) is 0. The van der Waals surface area contributed by atoms with E-state index in [-0.39, 0.29) is 4.70 Å². The van der Waals surface area contributed by atoms with E-state index in [0.717, 1.165) is 5.69 Å². The molecule has 2 aromatic rings. The summed E-state index contributed by atoms with van der Waals surface area (Å²) in [5.74, 6) is 0. The average Bonchev–Trinajstić information content (AvgIpc) is 3.10. The molecule has 0 spiro atoms. The Hall–Kier alpha value is -2.20. The maximum Gasteiger partial charge on any atom is 0.0645 e. The third-order valence-corrected chi connectivity index (χ3v) is 1.80. The Morgan fingerprint density at radius 3 is 1.57 bits per heavy atom. The highest BCUT2D eigenvalue weighted by molar-refractivity contribution is 5.33. The average molecular weight is 330 g/mol. The Bertz CT molecular complexity index is 367. The van der Waals surface area contributed by atoms with E-state index in [0.29, 0.717) is 0 Å². The molecule has 0 aliphatic rings. The predicted octanol–water partition coefficient (Wildman–Crippen LogP) is 5.69. The molecule has 21 heavy (non-hydrogen) atoms. The van der Waals surface area contributed by atoms with Gasteiger partial charge in [-0.05, 0) is 25.1 Å². The van der Waals surface area contributed by atoms with Crippen LogP contribution in [-0.2, 0) is 0 Å². The lowest BCUT2D eigenvalue weighted by Crippen LogP contribution is -1.92. The standard InChI is InChI=1S/C10H10N2.4F2.FH/c1-9-3-5-10(6-4-9)12-8-2-7-11-12;4*1-2;/h2-8H,1H3;;;;;1H. The quantitative estimate of drug-likeness (QED) is 0.614. The summed E-state index contributed by atoms with van der Waals surface area (Å²) < 4.78 is 65.8. The van der Waals surface area contributed by atoms with Crippen LogP contribution in [0, 0.1) is 6.92 Å². The number of hydrogen-bond donors (Lipinski definition) is 0. The van der Waals surface area contributed by atoms with E-state index in [4.69, 9.17) is 36.6 Å². The molecular weight excluding hydrogens is 319 g/mol. The Morgan fingerprint density at radius 1 is 0.810 bits per heavy atom. The molecule has 0 aliphatic heterocycles. The number of benzene rings is 1. The molecule has 0 bridgehead atoms. The van der Waals surface area contributed by atoms with Gasteiger partial charge in [0, 0.05) is 49.0 Å². The van der Waals surface area contributed by atoms with Crippen LogP contribution in [0.1, 0.15) is 5.56 Å². The summed E-state index contributed by atoms with van der Waals surface area (Å²) in [5, 5.41) is 4.13. The summed E-state index contributed by atoms with van der Waals surface area (Å²) in [6.07, 6.45) is 3.71. The summed E-state index contributed by atoms with van der Waals surface area (Å²) >= 11 is 0. The van der Waals surface area contributed by atoms with E-state index >= 15 is 0 Å². The molecule has 0 amide bonds. The van der Waals surface area contributed by atoms with Crippen LogP contribution in [0.4, 0.5) is 41.3 Å². The number of halogens is 9. The minimum absolute atomic E-state index is 0. The van der Waals surface area contributed by atoms with Crippen LogP contribution < -0.4 is 0 Å². The fourth-order valence-corrected chi connectivity index (χ4v) is 1.12. The van der Waals surface area contributed by atoms with Crippen molar-refractivity contribution in [1.82, 2.24) is 9.78 Å². The SMILES string of the molecule is Cc1ccc(-n2cccn2)cc1.F.FF.FF.FF.FF. The molecule has 1 heterocycles. The molecular formula is C10H11F9N2. The maximum absolute atomic E-state index is 8.00. The van der Waals surface area contributed by atoms with E-state index in [9.17, 15) is 0 Å². The zero-order valence-electron chi connectivity index (χ0n) is 10.4. The van der Waals surface area contributed by atoms with Gasteiger partial charge in [-0.3, -0.25) is 4.70 Å². The summed E-state index contributed by atoms with van der Waals surface area (Å²) in [5.41, 5.74) is 2.37. The smallest absolute Gasteiger partial charge is 0.0645 e. The first-order valence-electron chi connectivity index (χ1n) is 4.50. The van der Waals surface area contributed by atoms with Gasteiger partial charge in [-0.25, -0.2) is 4.68 Å². The molecule has 0 saturated carbocycles. The molecule has 0 saturated heterocycles. The van der Waals surface area contributed by atoms with Gasteiger partial charge < -0.3 is 0 Å². The maximum atomic E-state index is 8.00. The zero-order valence-corrected chi connectivity index (χ0v) is 10.4. The Morgan fingerprint density at radius 2 is 1.24 bits per heavy atom. The molecule has 1 aromatic heterocycles. The minimum Gasteiger partial charge on any atom is -0.269 e. The molecule has 1 aromatic carbocycles. The van der Waals surface area contributed by atoms with E-state index in [1.807, 2.05) is 16.9 Å². The number of nitrogens with zero attached hydrogens (tertiary/aromatic N) is 2. The highest BCUT2D eigenvalue weighted by Crippen LogP contribution is 2.06. The molecule has 0 atom stereocenters. The van der Waals surface area contributed by atoms with E-state index in [1.165, 1.54) is 5.56 Å². The van der Waals surface area contributed by atoms with Crippen LogP contribution in [0.25, 0.3) is 5.69 Å². The van der Waals surface area contributed by atoms with Crippen LogP contribution >= 0.6 is 0 Å². The zero-order chi connectivity index (χ0) is 16.4. The molecule has 124 valence electrons. The highest BCUT2D eigenvalue weighted by atomic mass is 20.0. The first kappa shape index (κ1) is 27.2. The van der Waals surface area contributed by atoms with Gasteiger partial charge in [0.2, 0.25) is 0 Å². The van der Waals surface area contributed by atoms with Crippen LogP contribution in [-0.4, -0.2) is 9.78 Å². The van der Waals surface area contributed by atoms with Gasteiger partial charge in [0.25, 0.3) is 0 Å². The van der Waals surface area contributed by atoms with Gasteiger partial charge in [-0.2, -0.15) is 5.10 Å². The molecule has 0 fully saturated rings. The third-order valence-electron chi connectivity index (χ3n) is 1.80. The van der Waals surface area contributed by atoms with E-state index in [2.05, 4.69) is 36.3 Å². The molecule has 11 heteroatoms. The number of rotatable bonds is 1. The number of hydrogen-bond acceptors (Lipinski definition) is 1. The van der Waals surface area contributed by atoms with Crippen molar-refractivity contribution >= 4 is 0 Å². The lowest BCUT2D eigenvalue weighted by atomic mass is 10.2. The molecule has 2 nitrogen and oxygen atoms in total. The largest absolute Gasteiger partial charge is 0.269 e. The second kappa shape index (κ2) is 22.9. The van der Waals surface area contributed by atoms with Crippen molar-refractivity contribution in [3.05, 3.63) is 48.3 Å². The lowest BCUT2D eigenvalue weighted by molar-refractivity contribution is 0.108. The van der Waals surface area contributed by atoms with Crippen LogP contribution in [0.3, 0.4) is 0 Å². The Kier molecular flexibility index (Phi) is 29.7. The van der Waals surface area contributed by atoms with Crippen LogP contribution in [0.5, 0.6) is 0 Å². The first-order chi connectivity index (χ1) is 9.86. The predicted molar refractivity (Wildman–Crippen MR) is 59.7 cm³/mol. The second-order valence-corrected chi connectivity index (χ2v) is 2.79. The van der Waals surface area contributed by atoms with E-state index < -0.39 is 0 Å². The van der Waals surface area contributed by atoms with Crippen LogP contribution in [0.15, 0.2) is 42.7 Å². The van der Waals surface area contributed by atoms with Crippen molar-refractivity contribution < 1.29 is 41.3 Å². The van der Waals surface area contributed by atoms with Crippen molar-refractivity contribution in [3.63, 3.8) is 0 Å². The van der Waals surface area contributed by atoms with Crippen molar-refractivity contribution in [1.29, 1.82) is 0 Å². The minimum atomic E-state index is 0. The van der Waals surface area contributed by atoms with Crippen molar-refractivity contribution in [2.75, 3.05) is 0 Å². The molecule has 0 unspecified atom stereocenters. The second-order valence-electron chi connectivity index (χ2n) is 2.79. The lowest BCUT2D eigenvalue weighted by Gasteiger charge is -2.00. The third kappa shape index (κ3) is 12.6. The number of aromatic nitrogens is 2. The van der Waals surface area contributed by atoms with Gasteiger partial charge >= 0.3 is 0 Å². The summed E-state index contributed by atoms with van der Waals surface area (Å²) in [4.78, 5) is 0. The monoisotopic (exact) mass is 330 g/mol. The highest BCUT2D eigenvalue weighted by Gasteiger charge is 1.92. The van der Waals surface area contributed by atoms with Gasteiger partial charge in [0.1, 0.15) is 0 Å². The van der Waals surface area contributed by atoms with E-state index in [1.54, 1.807) is 6.20 Å². The summed E-state index contributed by atoms with van der Waals surface area (Å²) in [6, 6.07) is 10.2. The van der Waals surface area contributed by atoms with Crippen molar-refractivity contribution in [3.8, 4) is 5.69 Å². The van der Waals surface area contributed by atoms with Gasteiger partial charge in [-0.15, -0.1) is 0 Å². The van der Waals surface area contributed by atoms with Gasteiger partial charge in [-0.1, -0.05) is 17.7 Å². The molecule has 2 rings (SSSR count). The fraction of sp³-hybridized carbons (Fsp3) is 0.100. The van der Waals surface area contributed by atoms with Crippen LogP contribution in [0.2, 0.25) is 0 Å². The molecule has 0 N–H and O–H groups in total. The molecule has 0 radical (unpaired) electrons. The van der Waals surface area contributed by atoms with Crippen molar-refractivity contribution in [2.24, 2.45) is 0 Å². The van der Waals surface area contributed by atoms with Gasteiger partial charge in [0.05, 0.1) is 5.69 Å². The Labute approximate surface area is 113 Å². The van der Waals surface area contributed by atoms with Gasteiger partial charge in [0.15, 0.2) is 0 Å². The van der Waals surface area contributed by atoms with Crippen molar-refractivity contribution in [2.45, 2.75) is 6.92 Å². The fourth-order valence-electron chi connectivity index (χ4n) is 1.12.